The van der Waals surface area contributed by atoms with Crippen molar-refractivity contribution in [3.63, 3.8) is 0 Å². The zero-order chi connectivity index (χ0) is 13.1. The third kappa shape index (κ3) is 2.59. The van der Waals surface area contributed by atoms with Gasteiger partial charge in [0.2, 0.25) is 0 Å². The molecule has 18 heavy (non-hydrogen) atoms. The molecule has 1 aromatic heterocycles. The predicted molar refractivity (Wildman–Crippen MR) is 72.1 cm³/mol. The van der Waals surface area contributed by atoms with Gasteiger partial charge in [-0.2, -0.15) is 0 Å². The third-order valence-corrected chi connectivity index (χ3v) is 3.44. The molecule has 4 N–H and O–H groups in total. The lowest BCUT2D eigenvalue weighted by atomic mass is 10.1. The van der Waals surface area contributed by atoms with E-state index in [1.54, 1.807) is 0 Å². The summed E-state index contributed by atoms with van der Waals surface area (Å²) in [5.41, 5.74) is 6.81. The smallest absolute Gasteiger partial charge is 0.151 e. The van der Waals surface area contributed by atoms with Gasteiger partial charge in [0.05, 0.1) is 0 Å². The Morgan fingerprint density at radius 2 is 2.11 bits per heavy atom. The first-order valence-electron chi connectivity index (χ1n) is 6.22. The summed E-state index contributed by atoms with van der Waals surface area (Å²) in [5, 5.41) is 19.0. The van der Waals surface area contributed by atoms with E-state index in [9.17, 15) is 0 Å². The van der Waals surface area contributed by atoms with Crippen LogP contribution in [-0.2, 0) is 0 Å². The molecule has 2 heterocycles. The number of hydrogen-bond acceptors (Lipinski definition) is 5. The van der Waals surface area contributed by atoms with Crippen LogP contribution in [0.3, 0.4) is 0 Å². The highest BCUT2D eigenvalue weighted by molar-refractivity contribution is 5.94. The van der Waals surface area contributed by atoms with E-state index in [1.807, 2.05) is 20.0 Å². The molecule has 0 radical (unpaired) electrons. The summed E-state index contributed by atoms with van der Waals surface area (Å²) >= 11 is 0. The molecular weight excluding hydrogens is 228 g/mol. The lowest BCUT2D eigenvalue weighted by molar-refractivity contribution is 0.441. The molecule has 1 saturated heterocycles. The summed E-state index contributed by atoms with van der Waals surface area (Å²) in [4.78, 5) is 2.17. The van der Waals surface area contributed by atoms with Crippen molar-refractivity contribution in [1.29, 1.82) is 5.41 Å². The molecule has 0 bridgehead atoms. The van der Waals surface area contributed by atoms with E-state index in [4.69, 9.17) is 11.1 Å². The largest absolute Gasteiger partial charge is 0.382 e. The summed E-state index contributed by atoms with van der Waals surface area (Å²) in [6, 6.07) is 2.45. The summed E-state index contributed by atoms with van der Waals surface area (Å²) in [5.74, 6) is 0.820. The molecule has 1 aliphatic rings. The second-order valence-corrected chi connectivity index (χ2v) is 4.74. The summed E-state index contributed by atoms with van der Waals surface area (Å²) in [6.07, 6.45) is 2.23. The van der Waals surface area contributed by atoms with Gasteiger partial charge in [-0.3, -0.25) is 5.41 Å². The maximum atomic E-state index is 7.40. The first kappa shape index (κ1) is 12.8. The summed E-state index contributed by atoms with van der Waals surface area (Å²) in [6.45, 7) is 4.01. The van der Waals surface area contributed by atoms with Gasteiger partial charge in [0, 0.05) is 13.1 Å². The second kappa shape index (κ2) is 5.30. The summed E-state index contributed by atoms with van der Waals surface area (Å²) < 4.78 is 0. The fourth-order valence-corrected chi connectivity index (χ4v) is 2.29. The number of nitrogens with zero attached hydrogens (tertiary/aromatic N) is 3. The summed E-state index contributed by atoms with van der Waals surface area (Å²) in [7, 11) is 2.05. The van der Waals surface area contributed by atoms with E-state index < -0.39 is 0 Å². The van der Waals surface area contributed by atoms with E-state index in [1.165, 1.54) is 0 Å². The van der Waals surface area contributed by atoms with Crippen LogP contribution < -0.4 is 16.0 Å². The standard InChI is InChI=1S/C12H20N6/c1-8-7-10(16-17-11(8)12(13)14)18(2)9-3-5-15-6-4-9/h7,9,15H,3-6H2,1-2H3,(H3,13,14). The number of anilines is 1. The van der Waals surface area contributed by atoms with Crippen LogP contribution in [0, 0.1) is 12.3 Å². The molecule has 0 aromatic carbocycles. The second-order valence-electron chi connectivity index (χ2n) is 4.74. The number of aromatic nitrogens is 2. The number of nitrogen functional groups attached to an aromatic ring is 1. The first-order valence-corrected chi connectivity index (χ1v) is 6.22. The highest BCUT2D eigenvalue weighted by Crippen LogP contribution is 2.18. The van der Waals surface area contributed by atoms with Crippen LogP contribution in [0.15, 0.2) is 6.07 Å². The molecule has 0 unspecified atom stereocenters. The topological polar surface area (TPSA) is 90.9 Å². The number of nitrogens with two attached hydrogens (primary N) is 1. The van der Waals surface area contributed by atoms with E-state index in [0.717, 1.165) is 37.3 Å². The van der Waals surface area contributed by atoms with Gasteiger partial charge < -0.3 is 16.0 Å². The molecular formula is C12H20N6. The normalized spacial score (nSPS) is 16.6. The third-order valence-electron chi connectivity index (χ3n) is 3.44. The van der Waals surface area contributed by atoms with E-state index in [0.29, 0.717) is 11.7 Å². The van der Waals surface area contributed by atoms with Gasteiger partial charge in [-0.1, -0.05) is 0 Å². The molecule has 0 amide bonds. The Kier molecular flexibility index (Phi) is 3.76. The molecule has 0 aliphatic carbocycles. The van der Waals surface area contributed by atoms with Crippen molar-refractivity contribution in [3.8, 4) is 0 Å². The fourth-order valence-electron chi connectivity index (χ4n) is 2.29. The minimum Gasteiger partial charge on any atom is -0.382 e. The zero-order valence-corrected chi connectivity index (χ0v) is 10.9. The van der Waals surface area contributed by atoms with Gasteiger partial charge in [0.25, 0.3) is 0 Å². The maximum Gasteiger partial charge on any atom is 0.151 e. The maximum absolute atomic E-state index is 7.40. The van der Waals surface area contributed by atoms with Crippen molar-refractivity contribution in [1.82, 2.24) is 15.5 Å². The van der Waals surface area contributed by atoms with Gasteiger partial charge in [-0.15, -0.1) is 10.2 Å². The van der Waals surface area contributed by atoms with Crippen molar-refractivity contribution in [2.24, 2.45) is 5.73 Å². The van der Waals surface area contributed by atoms with Gasteiger partial charge in [-0.25, -0.2) is 0 Å². The zero-order valence-electron chi connectivity index (χ0n) is 10.9. The average molecular weight is 248 g/mol. The lowest BCUT2D eigenvalue weighted by Gasteiger charge is -2.32. The highest BCUT2D eigenvalue weighted by atomic mass is 15.3. The lowest BCUT2D eigenvalue weighted by Crippen LogP contribution is -2.41. The number of rotatable bonds is 3. The first-order chi connectivity index (χ1) is 8.59. The number of nitrogens with one attached hydrogen (secondary N) is 2. The Labute approximate surface area is 107 Å². The van der Waals surface area contributed by atoms with Gasteiger partial charge >= 0.3 is 0 Å². The SMILES string of the molecule is Cc1cc(N(C)C2CCNCC2)nnc1C(=N)N. The number of piperidine rings is 1. The molecule has 6 heteroatoms. The van der Waals surface area contributed by atoms with Crippen LogP contribution in [0.4, 0.5) is 5.82 Å². The molecule has 1 fully saturated rings. The predicted octanol–water partition coefficient (Wildman–Crippen LogP) is 0.257. The number of aryl methyl sites for hydroxylation is 1. The average Bonchev–Trinajstić information content (AvgIpc) is 2.38. The van der Waals surface area contributed by atoms with Gasteiger partial charge in [0.1, 0.15) is 11.5 Å². The van der Waals surface area contributed by atoms with E-state index >= 15 is 0 Å². The van der Waals surface area contributed by atoms with Crippen LogP contribution in [0.1, 0.15) is 24.1 Å². The fraction of sp³-hybridized carbons (Fsp3) is 0.583. The van der Waals surface area contributed by atoms with E-state index in [2.05, 4.69) is 20.4 Å². The quantitative estimate of drug-likeness (QED) is 0.527. The van der Waals surface area contributed by atoms with Gasteiger partial charge in [0.15, 0.2) is 5.82 Å². The minimum atomic E-state index is -0.0314. The monoisotopic (exact) mass is 248 g/mol. The van der Waals surface area contributed by atoms with Crippen molar-refractivity contribution in [3.05, 3.63) is 17.3 Å². The molecule has 1 aliphatic heterocycles. The Morgan fingerprint density at radius 3 is 2.67 bits per heavy atom. The Morgan fingerprint density at radius 1 is 1.44 bits per heavy atom. The van der Waals surface area contributed by atoms with Crippen molar-refractivity contribution in [2.75, 3.05) is 25.0 Å². The molecule has 0 spiro atoms. The van der Waals surface area contributed by atoms with Crippen LogP contribution >= 0.6 is 0 Å². The number of amidine groups is 1. The number of hydrogen-bond donors (Lipinski definition) is 3. The Hall–Kier alpha value is -1.69. The minimum absolute atomic E-state index is 0.0314. The van der Waals surface area contributed by atoms with Crippen molar-refractivity contribution >= 4 is 11.7 Å². The molecule has 0 saturated carbocycles. The molecule has 2 rings (SSSR count). The molecule has 0 atom stereocenters. The van der Waals surface area contributed by atoms with Crippen LogP contribution in [0.5, 0.6) is 0 Å². The molecule has 1 aromatic rings. The Bertz CT molecular complexity index is 438. The van der Waals surface area contributed by atoms with Crippen molar-refractivity contribution in [2.45, 2.75) is 25.8 Å². The van der Waals surface area contributed by atoms with Gasteiger partial charge in [-0.05, 0) is 44.5 Å². The van der Waals surface area contributed by atoms with Crippen molar-refractivity contribution < 1.29 is 0 Å². The highest BCUT2D eigenvalue weighted by Gasteiger charge is 2.19. The molecule has 98 valence electrons. The van der Waals surface area contributed by atoms with Crippen LogP contribution in [0.25, 0.3) is 0 Å². The van der Waals surface area contributed by atoms with Crippen LogP contribution in [0.2, 0.25) is 0 Å². The van der Waals surface area contributed by atoms with Crippen LogP contribution in [-0.4, -0.2) is 42.2 Å². The molecule has 6 nitrogen and oxygen atoms in total. The Balaban J connectivity index is 2.17. The van der Waals surface area contributed by atoms with E-state index in [-0.39, 0.29) is 5.84 Å².